The Labute approximate surface area is 166 Å². The molecule has 1 aromatic carbocycles. The first-order valence-corrected chi connectivity index (χ1v) is 9.43. The summed E-state index contributed by atoms with van der Waals surface area (Å²) in [6.07, 6.45) is -1.15. The number of aromatic nitrogens is 4. The second kappa shape index (κ2) is 10.0. The highest BCUT2D eigenvalue weighted by Gasteiger charge is 2.28. The molecule has 9 nitrogen and oxygen atoms in total. The molecule has 0 aliphatic rings. The van der Waals surface area contributed by atoms with Crippen LogP contribution in [0.1, 0.15) is 33.0 Å². The third-order valence-corrected chi connectivity index (χ3v) is 4.25. The molecule has 0 aliphatic carbocycles. The van der Waals surface area contributed by atoms with E-state index in [9.17, 15) is 9.59 Å². The van der Waals surface area contributed by atoms with Crippen molar-refractivity contribution in [2.45, 2.75) is 39.8 Å². The number of anilines is 1. The van der Waals surface area contributed by atoms with Gasteiger partial charge in [-0.2, -0.15) is 0 Å². The van der Waals surface area contributed by atoms with E-state index in [2.05, 4.69) is 41.9 Å². The minimum Gasteiger partial charge on any atom is -0.436 e. The Balaban J connectivity index is 2.04. The van der Waals surface area contributed by atoms with Gasteiger partial charge in [0.1, 0.15) is 0 Å². The molecule has 2 aromatic rings. The Kier molecular flexibility index (Phi) is 7.71. The molecule has 0 radical (unpaired) electrons. The van der Waals surface area contributed by atoms with Gasteiger partial charge in [0.05, 0.1) is 6.54 Å². The van der Waals surface area contributed by atoms with Crippen molar-refractivity contribution in [2.75, 3.05) is 11.9 Å². The zero-order chi connectivity index (χ0) is 19.8. The topological polar surface area (TPSA) is 113 Å². The fraction of sp³-hybridized carbons (Fsp3) is 0.471. The SMILES string of the molecule is CCN(Cc1nnn[nH]1)C(=O)[C@H](CC(C)C)OC(=O)Nc1ccc(Br)cc1. The van der Waals surface area contributed by atoms with Crippen molar-refractivity contribution < 1.29 is 14.3 Å². The Morgan fingerprint density at radius 3 is 2.56 bits per heavy atom. The minimum atomic E-state index is -0.892. The second-order valence-electron chi connectivity index (χ2n) is 6.36. The maximum absolute atomic E-state index is 12.9. The third kappa shape index (κ3) is 6.63. The quantitative estimate of drug-likeness (QED) is 0.654. The van der Waals surface area contributed by atoms with Crippen LogP contribution in [0, 0.1) is 5.92 Å². The largest absolute Gasteiger partial charge is 0.436 e. The lowest BCUT2D eigenvalue weighted by Gasteiger charge is -2.26. The molecule has 0 spiro atoms. The summed E-state index contributed by atoms with van der Waals surface area (Å²) >= 11 is 3.34. The Hall–Kier alpha value is -2.49. The number of carbonyl (C=O) groups excluding carboxylic acids is 2. The van der Waals surface area contributed by atoms with Gasteiger partial charge in [0.15, 0.2) is 11.9 Å². The van der Waals surface area contributed by atoms with Gasteiger partial charge in [-0.3, -0.25) is 10.1 Å². The Bertz CT molecular complexity index is 736. The number of rotatable bonds is 8. The van der Waals surface area contributed by atoms with Crippen LogP contribution in [-0.4, -0.2) is 50.2 Å². The predicted octanol–water partition coefficient (Wildman–Crippen LogP) is 2.97. The van der Waals surface area contributed by atoms with Crippen molar-refractivity contribution in [3.05, 3.63) is 34.6 Å². The molecule has 2 N–H and O–H groups in total. The van der Waals surface area contributed by atoms with E-state index in [0.717, 1.165) is 4.47 Å². The second-order valence-corrected chi connectivity index (χ2v) is 7.27. The van der Waals surface area contributed by atoms with Crippen LogP contribution < -0.4 is 5.32 Å². The van der Waals surface area contributed by atoms with Gasteiger partial charge >= 0.3 is 6.09 Å². The van der Waals surface area contributed by atoms with Crippen LogP contribution in [-0.2, 0) is 16.1 Å². The summed E-state index contributed by atoms with van der Waals surface area (Å²) in [5.41, 5.74) is 0.582. The molecular weight excluding hydrogens is 416 g/mol. The van der Waals surface area contributed by atoms with Crippen LogP contribution in [0.5, 0.6) is 0 Å². The average molecular weight is 439 g/mol. The lowest BCUT2D eigenvalue weighted by molar-refractivity contribution is -0.141. The first kappa shape index (κ1) is 20.8. The van der Waals surface area contributed by atoms with E-state index >= 15 is 0 Å². The van der Waals surface area contributed by atoms with Gasteiger partial charge in [-0.05, 0) is 54.0 Å². The van der Waals surface area contributed by atoms with Crippen molar-refractivity contribution in [3.63, 3.8) is 0 Å². The number of tetrazole rings is 1. The number of benzene rings is 1. The molecule has 0 fully saturated rings. The van der Waals surface area contributed by atoms with Crippen molar-refractivity contribution >= 4 is 33.6 Å². The number of nitrogens with one attached hydrogen (secondary N) is 2. The van der Waals surface area contributed by atoms with E-state index in [0.29, 0.717) is 24.5 Å². The first-order valence-electron chi connectivity index (χ1n) is 8.63. The maximum atomic E-state index is 12.9. The van der Waals surface area contributed by atoms with Crippen LogP contribution in [0.25, 0.3) is 0 Å². The van der Waals surface area contributed by atoms with E-state index in [1.807, 2.05) is 20.8 Å². The molecule has 2 amide bonds. The van der Waals surface area contributed by atoms with E-state index in [1.165, 1.54) is 0 Å². The summed E-state index contributed by atoms with van der Waals surface area (Å²) in [4.78, 5) is 26.7. The number of amides is 2. The maximum Gasteiger partial charge on any atom is 0.412 e. The van der Waals surface area contributed by atoms with Gasteiger partial charge in [-0.1, -0.05) is 29.8 Å². The monoisotopic (exact) mass is 438 g/mol. The highest BCUT2D eigenvalue weighted by atomic mass is 79.9. The number of H-pyrrole nitrogens is 1. The lowest BCUT2D eigenvalue weighted by atomic mass is 10.0. The fourth-order valence-electron chi connectivity index (χ4n) is 2.41. The zero-order valence-corrected chi connectivity index (χ0v) is 17.1. The van der Waals surface area contributed by atoms with Crippen LogP contribution >= 0.6 is 15.9 Å². The molecule has 146 valence electrons. The molecule has 1 heterocycles. The first-order chi connectivity index (χ1) is 12.9. The molecule has 0 saturated heterocycles. The summed E-state index contributed by atoms with van der Waals surface area (Å²) in [7, 11) is 0. The summed E-state index contributed by atoms with van der Waals surface area (Å²) in [6, 6.07) is 7.08. The molecule has 1 atom stereocenters. The van der Waals surface area contributed by atoms with E-state index < -0.39 is 12.2 Å². The zero-order valence-electron chi connectivity index (χ0n) is 15.5. The standard InChI is InChI=1S/C17H23BrN6O3/c1-4-24(10-15-20-22-23-21-15)16(25)14(9-11(2)3)27-17(26)19-13-7-5-12(18)6-8-13/h5-8,11,14H,4,9-10H2,1-3H3,(H,19,26)(H,20,21,22,23)/t14-/m0/s1. The van der Waals surface area contributed by atoms with Crippen LogP contribution in [0.3, 0.4) is 0 Å². The summed E-state index contributed by atoms with van der Waals surface area (Å²) in [6.45, 7) is 6.43. The number of hydrogen-bond acceptors (Lipinski definition) is 6. The molecule has 10 heteroatoms. The molecular formula is C17H23BrN6O3. The van der Waals surface area contributed by atoms with Crippen LogP contribution in [0.4, 0.5) is 10.5 Å². The van der Waals surface area contributed by atoms with Crippen molar-refractivity contribution in [1.29, 1.82) is 0 Å². The van der Waals surface area contributed by atoms with Gasteiger partial charge < -0.3 is 9.64 Å². The summed E-state index contributed by atoms with van der Waals surface area (Å²) in [5.74, 6) is 0.353. The predicted molar refractivity (Wildman–Crippen MR) is 103 cm³/mol. The van der Waals surface area contributed by atoms with Crippen molar-refractivity contribution in [2.24, 2.45) is 5.92 Å². The van der Waals surface area contributed by atoms with Gasteiger partial charge in [-0.25, -0.2) is 9.89 Å². The lowest BCUT2D eigenvalue weighted by Crippen LogP contribution is -2.42. The highest BCUT2D eigenvalue weighted by Crippen LogP contribution is 2.17. The normalized spacial score (nSPS) is 11.9. The number of likely N-dealkylation sites (N-methyl/N-ethyl adjacent to an activating group) is 1. The number of ether oxygens (including phenoxy) is 1. The van der Waals surface area contributed by atoms with Gasteiger partial charge in [-0.15, -0.1) is 5.10 Å². The molecule has 0 aliphatic heterocycles. The summed E-state index contributed by atoms with van der Waals surface area (Å²) in [5, 5.41) is 16.1. The van der Waals surface area contributed by atoms with E-state index in [4.69, 9.17) is 4.74 Å². The van der Waals surface area contributed by atoms with Gasteiger partial charge in [0.2, 0.25) is 0 Å². The van der Waals surface area contributed by atoms with Gasteiger partial charge in [0.25, 0.3) is 5.91 Å². The summed E-state index contributed by atoms with van der Waals surface area (Å²) < 4.78 is 6.34. The van der Waals surface area contributed by atoms with Crippen LogP contribution in [0.15, 0.2) is 28.7 Å². The molecule has 0 saturated carbocycles. The highest BCUT2D eigenvalue weighted by molar-refractivity contribution is 9.10. The number of hydrogen-bond donors (Lipinski definition) is 2. The number of nitrogens with zero attached hydrogens (tertiary/aromatic N) is 4. The number of carbonyl (C=O) groups is 2. The molecule has 0 bridgehead atoms. The van der Waals surface area contributed by atoms with Crippen molar-refractivity contribution in [1.82, 2.24) is 25.5 Å². The van der Waals surface area contributed by atoms with Crippen molar-refractivity contribution in [3.8, 4) is 0 Å². The Morgan fingerprint density at radius 1 is 1.30 bits per heavy atom. The molecule has 0 unspecified atom stereocenters. The third-order valence-electron chi connectivity index (χ3n) is 3.72. The molecule has 1 aromatic heterocycles. The van der Waals surface area contributed by atoms with Crippen LogP contribution in [0.2, 0.25) is 0 Å². The van der Waals surface area contributed by atoms with Gasteiger partial charge in [0, 0.05) is 16.7 Å². The molecule has 27 heavy (non-hydrogen) atoms. The van der Waals surface area contributed by atoms with E-state index in [1.54, 1.807) is 29.2 Å². The Morgan fingerprint density at radius 2 is 2.00 bits per heavy atom. The number of halogens is 1. The number of aromatic amines is 1. The molecule has 2 rings (SSSR count). The smallest absolute Gasteiger partial charge is 0.412 e. The van der Waals surface area contributed by atoms with E-state index in [-0.39, 0.29) is 18.4 Å². The average Bonchev–Trinajstić information content (AvgIpc) is 3.13. The minimum absolute atomic E-state index is 0.171. The fourth-order valence-corrected chi connectivity index (χ4v) is 2.68.